The van der Waals surface area contributed by atoms with Crippen molar-refractivity contribution in [3.63, 3.8) is 0 Å². The third kappa shape index (κ3) is 6.30. The predicted molar refractivity (Wildman–Crippen MR) is 179 cm³/mol. The zero-order chi connectivity index (χ0) is 32.6. The molecule has 0 bridgehead atoms. The van der Waals surface area contributed by atoms with E-state index in [1.165, 1.54) is 26.4 Å². The first kappa shape index (κ1) is 30.8. The number of anilines is 3. The normalized spacial score (nSPS) is 12.0. The Labute approximate surface area is 266 Å². The minimum Gasteiger partial charge on any atom is -0.497 e. The maximum absolute atomic E-state index is 13.1. The van der Waals surface area contributed by atoms with Gasteiger partial charge in [-0.2, -0.15) is 5.10 Å². The van der Waals surface area contributed by atoms with Gasteiger partial charge in [0, 0.05) is 58.0 Å². The number of benzene rings is 3. The summed E-state index contributed by atoms with van der Waals surface area (Å²) < 4.78 is 41.1. The summed E-state index contributed by atoms with van der Waals surface area (Å²) in [5.74, 6) is 1.51. The molecule has 0 radical (unpaired) electrons. The molecule has 0 saturated carbocycles. The highest BCUT2D eigenvalue weighted by Crippen LogP contribution is 2.34. The number of hydrogen-bond donors (Lipinski definition) is 3. The van der Waals surface area contributed by atoms with E-state index in [0.29, 0.717) is 35.2 Å². The lowest BCUT2D eigenvalue weighted by Crippen LogP contribution is -2.26. The monoisotopic (exact) mass is 638 g/mol. The largest absolute Gasteiger partial charge is 0.497 e. The molecule has 236 valence electrons. The minimum absolute atomic E-state index is 0.0922. The number of hydrogen-bond acceptors (Lipinski definition) is 9. The Hall–Kier alpha value is -5.20. The first-order valence-corrected chi connectivity index (χ1v) is 16.0. The van der Waals surface area contributed by atoms with Crippen LogP contribution in [0.25, 0.3) is 32.9 Å². The van der Waals surface area contributed by atoms with Gasteiger partial charge in [0.1, 0.15) is 17.3 Å². The lowest BCUT2D eigenvalue weighted by atomic mass is 9.98. The fourth-order valence-corrected chi connectivity index (χ4v) is 6.38. The molecule has 0 saturated heterocycles. The molecule has 0 aliphatic heterocycles. The van der Waals surface area contributed by atoms with Crippen LogP contribution in [0.5, 0.6) is 11.5 Å². The second kappa shape index (κ2) is 12.0. The van der Waals surface area contributed by atoms with Crippen LogP contribution in [0.15, 0.2) is 90.2 Å². The van der Waals surface area contributed by atoms with Gasteiger partial charge in [-0.05, 0) is 68.8 Å². The van der Waals surface area contributed by atoms with Crippen LogP contribution in [0, 0.1) is 6.92 Å². The van der Waals surface area contributed by atoms with Gasteiger partial charge in [0.05, 0.1) is 54.4 Å². The third-order valence-corrected chi connectivity index (χ3v) is 8.97. The Kier molecular flexibility index (Phi) is 8.01. The first-order valence-electron chi connectivity index (χ1n) is 14.5. The highest BCUT2D eigenvalue weighted by molar-refractivity contribution is 7.92. The van der Waals surface area contributed by atoms with Gasteiger partial charge in [-0.1, -0.05) is 6.07 Å². The van der Waals surface area contributed by atoms with Crippen LogP contribution in [0.4, 0.5) is 17.2 Å². The average Bonchev–Trinajstić information content (AvgIpc) is 3.42. The molecule has 0 spiro atoms. The number of sulfonamides is 1. The zero-order valence-corrected chi connectivity index (χ0v) is 26.9. The average molecular weight is 639 g/mol. The number of methoxy groups -OCH3 is 2. The van der Waals surface area contributed by atoms with Gasteiger partial charge in [-0.25, -0.2) is 13.4 Å². The van der Waals surface area contributed by atoms with E-state index >= 15 is 0 Å². The van der Waals surface area contributed by atoms with Gasteiger partial charge in [-0.3, -0.25) is 14.4 Å². The third-order valence-electron chi connectivity index (χ3n) is 7.58. The van der Waals surface area contributed by atoms with Crippen LogP contribution in [-0.2, 0) is 16.6 Å². The van der Waals surface area contributed by atoms with Crippen LogP contribution >= 0.6 is 0 Å². The van der Waals surface area contributed by atoms with Crippen molar-refractivity contribution < 1.29 is 23.0 Å². The fraction of sp³-hybridized carbons (Fsp3) is 0.206. The van der Waals surface area contributed by atoms with Gasteiger partial charge in [0.15, 0.2) is 0 Å². The van der Waals surface area contributed by atoms with E-state index in [0.717, 1.165) is 38.5 Å². The lowest BCUT2D eigenvalue weighted by molar-refractivity contribution is 0.0591. The van der Waals surface area contributed by atoms with Crippen molar-refractivity contribution in [3.05, 3.63) is 90.9 Å². The number of ether oxygens (including phenoxy) is 2. The number of pyridine rings is 2. The summed E-state index contributed by atoms with van der Waals surface area (Å²) in [6.45, 7) is 5.94. The number of aliphatic hydroxyl groups is 1. The van der Waals surface area contributed by atoms with Gasteiger partial charge in [0.2, 0.25) is 0 Å². The van der Waals surface area contributed by atoms with Crippen molar-refractivity contribution in [1.29, 1.82) is 0 Å². The first-order chi connectivity index (χ1) is 21.9. The van der Waals surface area contributed by atoms with Crippen molar-refractivity contribution in [1.82, 2.24) is 19.7 Å². The predicted octanol–water partition coefficient (Wildman–Crippen LogP) is 6.29. The molecule has 0 fully saturated rings. The number of aryl methyl sites for hydroxylation is 1. The molecule has 0 atom stereocenters. The topological polar surface area (TPSA) is 140 Å². The molecule has 6 aromatic rings. The van der Waals surface area contributed by atoms with Crippen molar-refractivity contribution in [2.24, 2.45) is 0 Å². The lowest BCUT2D eigenvalue weighted by Gasteiger charge is -2.18. The van der Waals surface area contributed by atoms with Crippen LogP contribution in [0.3, 0.4) is 0 Å². The molecule has 0 amide bonds. The molecule has 11 nitrogen and oxygen atoms in total. The smallest absolute Gasteiger partial charge is 0.261 e. The van der Waals surface area contributed by atoms with Crippen LogP contribution in [-0.4, -0.2) is 53.1 Å². The summed E-state index contributed by atoms with van der Waals surface area (Å²) in [7, 11) is -0.880. The molecular formula is C34H34N6O5S. The van der Waals surface area contributed by atoms with E-state index in [1.54, 1.807) is 56.6 Å². The molecule has 0 unspecified atom stereocenters. The molecular weight excluding hydrogens is 604 g/mol. The van der Waals surface area contributed by atoms with Crippen molar-refractivity contribution >= 4 is 48.9 Å². The quantitative estimate of drug-likeness (QED) is 0.158. The standard InChI is InChI=1S/C34H34N6O5S/c1-21-28(10-11-31-30(21)19-37-40(31)20-34(2,3)41)33-29-17-32(36-18-22(29)12-13-35-33)38-23-6-8-27(9-7-23)46(42,43)39-24-14-25(44-4)16-26(15-24)45-5/h6-19,39,41H,20H2,1-5H3,(H,36,38). The fourth-order valence-electron chi connectivity index (χ4n) is 5.34. The summed E-state index contributed by atoms with van der Waals surface area (Å²) in [5, 5.41) is 20.9. The van der Waals surface area contributed by atoms with Crippen LogP contribution in [0.2, 0.25) is 0 Å². The van der Waals surface area contributed by atoms with Crippen molar-refractivity contribution in [3.8, 4) is 22.8 Å². The number of aromatic nitrogens is 4. The Morgan fingerprint density at radius 2 is 1.59 bits per heavy atom. The Balaban J connectivity index is 1.26. The second-order valence-electron chi connectivity index (χ2n) is 11.6. The van der Waals surface area contributed by atoms with Crippen molar-refractivity contribution in [2.75, 3.05) is 24.3 Å². The molecule has 0 aliphatic rings. The molecule has 6 rings (SSSR count). The van der Waals surface area contributed by atoms with Crippen LogP contribution < -0.4 is 19.5 Å². The maximum Gasteiger partial charge on any atom is 0.261 e. The highest BCUT2D eigenvalue weighted by Gasteiger charge is 2.19. The summed E-state index contributed by atoms with van der Waals surface area (Å²) >= 11 is 0. The number of fused-ring (bicyclic) bond motifs is 2. The number of rotatable bonds is 10. The van der Waals surface area contributed by atoms with E-state index in [2.05, 4.69) is 20.1 Å². The van der Waals surface area contributed by atoms with E-state index < -0.39 is 15.6 Å². The molecule has 3 N–H and O–H groups in total. The van der Waals surface area contributed by atoms with Crippen LogP contribution in [0.1, 0.15) is 19.4 Å². The highest BCUT2D eigenvalue weighted by atomic mass is 32.2. The summed E-state index contributed by atoms with van der Waals surface area (Å²) in [6.07, 6.45) is 5.37. The molecule has 3 aromatic heterocycles. The minimum atomic E-state index is -3.88. The Morgan fingerprint density at radius 1 is 0.870 bits per heavy atom. The molecule has 12 heteroatoms. The van der Waals surface area contributed by atoms with Gasteiger partial charge < -0.3 is 19.9 Å². The van der Waals surface area contributed by atoms with Gasteiger partial charge >= 0.3 is 0 Å². The summed E-state index contributed by atoms with van der Waals surface area (Å²) in [4.78, 5) is 9.41. The molecule has 0 aliphatic carbocycles. The van der Waals surface area contributed by atoms with E-state index in [1.807, 2.05) is 42.1 Å². The second-order valence-corrected chi connectivity index (χ2v) is 13.3. The number of nitrogens with zero attached hydrogens (tertiary/aromatic N) is 4. The van der Waals surface area contributed by atoms with E-state index in [9.17, 15) is 13.5 Å². The van der Waals surface area contributed by atoms with Crippen molar-refractivity contribution in [2.45, 2.75) is 37.8 Å². The summed E-state index contributed by atoms with van der Waals surface area (Å²) in [5.41, 5.74) is 3.83. The number of nitrogens with one attached hydrogen (secondary N) is 2. The zero-order valence-electron chi connectivity index (χ0n) is 26.1. The van der Waals surface area contributed by atoms with E-state index in [-0.39, 0.29) is 4.90 Å². The molecule has 3 heterocycles. The maximum atomic E-state index is 13.1. The molecule has 3 aromatic carbocycles. The SMILES string of the molecule is COc1cc(NS(=O)(=O)c2ccc(Nc3cc4c(-c5ccc6c(cnn6CC(C)(C)O)c5C)nccc4cn3)cc2)cc(OC)c1. The Morgan fingerprint density at radius 3 is 2.26 bits per heavy atom. The Bertz CT molecular complexity index is 2150. The van der Waals surface area contributed by atoms with Gasteiger partial charge in [0.25, 0.3) is 10.0 Å². The van der Waals surface area contributed by atoms with Gasteiger partial charge in [-0.15, -0.1) is 0 Å². The molecule has 46 heavy (non-hydrogen) atoms. The summed E-state index contributed by atoms with van der Waals surface area (Å²) in [6, 6.07) is 19.1. The van der Waals surface area contributed by atoms with E-state index in [4.69, 9.17) is 14.5 Å².